The lowest BCUT2D eigenvalue weighted by atomic mass is 10.0. The van der Waals surface area contributed by atoms with Crippen LogP contribution in [0.5, 0.6) is 0 Å². The number of aromatic nitrogens is 1. The Balaban J connectivity index is 1.78. The lowest BCUT2D eigenvalue weighted by Crippen LogP contribution is -2.30. The molecule has 1 aromatic carbocycles. The summed E-state index contributed by atoms with van der Waals surface area (Å²) in [5.41, 5.74) is 1.65. The normalized spacial score (nSPS) is 15.8. The van der Waals surface area contributed by atoms with E-state index in [1.807, 2.05) is 30.3 Å². The zero-order valence-corrected chi connectivity index (χ0v) is 10.6. The highest BCUT2D eigenvalue weighted by molar-refractivity contribution is 5.92. The van der Waals surface area contributed by atoms with E-state index in [2.05, 4.69) is 22.4 Å². The number of nitrogens with one attached hydrogen (secondary N) is 1. The van der Waals surface area contributed by atoms with E-state index in [0.29, 0.717) is 11.6 Å². The molecule has 1 unspecified atom stereocenters. The Labute approximate surface area is 112 Å². The van der Waals surface area contributed by atoms with Crippen LogP contribution in [0.1, 0.15) is 34.9 Å². The van der Waals surface area contributed by atoms with Gasteiger partial charge >= 0.3 is 0 Å². The van der Waals surface area contributed by atoms with Crippen molar-refractivity contribution in [3.05, 3.63) is 66.0 Å². The van der Waals surface area contributed by atoms with Crippen LogP contribution in [-0.4, -0.2) is 10.9 Å². The molecule has 1 amide bonds. The third-order valence-corrected chi connectivity index (χ3v) is 3.44. The maximum atomic E-state index is 12.2. The van der Waals surface area contributed by atoms with Crippen LogP contribution in [0.3, 0.4) is 0 Å². The second-order valence-electron chi connectivity index (χ2n) is 4.91. The van der Waals surface area contributed by atoms with Crippen molar-refractivity contribution >= 4 is 5.91 Å². The lowest BCUT2D eigenvalue weighted by Gasteiger charge is -2.18. The van der Waals surface area contributed by atoms with Crippen LogP contribution in [0.4, 0.5) is 0 Å². The smallest absolute Gasteiger partial charge is 0.270 e. The maximum Gasteiger partial charge on any atom is 0.270 e. The van der Waals surface area contributed by atoms with Gasteiger partial charge in [-0.15, -0.1) is 0 Å². The monoisotopic (exact) mass is 252 g/mol. The molecule has 1 aliphatic carbocycles. The summed E-state index contributed by atoms with van der Waals surface area (Å²) in [6, 6.07) is 15.6. The largest absolute Gasteiger partial charge is 0.344 e. The molecule has 1 aromatic heterocycles. The predicted molar refractivity (Wildman–Crippen MR) is 73.6 cm³/mol. The molecular weight excluding hydrogens is 236 g/mol. The van der Waals surface area contributed by atoms with Gasteiger partial charge in [0.2, 0.25) is 0 Å². The van der Waals surface area contributed by atoms with Crippen LogP contribution in [0, 0.1) is 5.92 Å². The van der Waals surface area contributed by atoms with Crippen LogP contribution in [0.2, 0.25) is 0 Å². The molecule has 1 N–H and O–H groups in total. The summed E-state index contributed by atoms with van der Waals surface area (Å²) in [4.78, 5) is 16.3. The number of benzene rings is 1. The Morgan fingerprint density at radius 1 is 1.11 bits per heavy atom. The average Bonchev–Trinajstić information content (AvgIpc) is 3.31. The summed E-state index contributed by atoms with van der Waals surface area (Å²) in [7, 11) is 0. The Morgan fingerprint density at radius 3 is 2.47 bits per heavy atom. The lowest BCUT2D eigenvalue weighted by molar-refractivity contribution is 0.0926. The zero-order chi connectivity index (χ0) is 13.1. The summed E-state index contributed by atoms with van der Waals surface area (Å²) in [6.07, 6.45) is 4.01. The Kier molecular flexibility index (Phi) is 3.27. The summed E-state index contributed by atoms with van der Waals surface area (Å²) in [5.74, 6) is 0.469. The molecule has 19 heavy (non-hydrogen) atoms. The summed E-state index contributed by atoms with van der Waals surface area (Å²) in [6.45, 7) is 0. The second-order valence-corrected chi connectivity index (χ2v) is 4.91. The standard InChI is InChI=1S/C16H16N2O/c19-16(14-8-4-5-11-17-14)18-15(13-9-10-13)12-6-2-1-3-7-12/h1-8,11,13,15H,9-10H2,(H,18,19). The Hall–Kier alpha value is -2.16. The molecule has 2 aromatic rings. The van der Waals surface area contributed by atoms with Crippen LogP contribution >= 0.6 is 0 Å². The van der Waals surface area contributed by atoms with E-state index in [0.717, 1.165) is 0 Å². The third-order valence-electron chi connectivity index (χ3n) is 3.44. The molecule has 0 spiro atoms. The van der Waals surface area contributed by atoms with Crippen molar-refractivity contribution in [2.24, 2.45) is 5.92 Å². The minimum Gasteiger partial charge on any atom is -0.344 e. The van der Waals surface area contributed by atoms with Crippen LogP contribution in [0.15, 0.2) is 54.7 Å². The molecule has 0 bridgehead atoms. The number of nitrogens with zero attached hydrogens (tertiary/aromatic N) is 1. The number of hydrogen-bond acceptors (Lipinski definition) is 2. The van der Waals surface area contributed by atoms with Crippen molar-refractivity contribution in [2.75, 3.05) is 0 Å². The Morgan fingerprint density at radius 2 is 1.84 bits per heavy atom. The highest BCUT2D eigenvalue weighted by atomic mass is 16.1. The number of pyridine rings is 1. The molecule has 0 saturated heterocycles. The van der Waals surface area contributed by atoms with Gasteiger partial charge in [-0.05, 0) is 36.5 Å². The minimum atomic E-state index is -0.0960. The van der Waals surface area contributed by atoms with Crippen molar-refractivity contribution in [1.82, 2.24) is 10.3 Å². The summed E-state index contributed by atoms with van der Waals surface area (Å²) in [5, 5.41) is 3.11. The van der Waals surface area contributed by atoms with Crippen LogP contribution in [-0.2, 0) is 0 Å². The molecule has 3 nitrogen and oxygen atoms in total. The van der Waals surface area contributed by atoms with Crippen molar-refractivity contribution in [2.45, 2.75) is 18.9 Å². The minimum absolute atomic E-state index is 0.0960. The molecule has 1 heterocycles. The van der Waals surface area contributed by atoms with E-state index >= 15 is 0 Å². The summed E-state index contributed by atoms with van der Waals surface area (Å²) >= 11 is 0. The molecule has 1 aliphatic rings. The topological polar surface area (TPSA) is 42.0 Å². The van der Waals surface area contributed by atoms with E-state index in [1.165, 1.54) is 18.4 Å². The molecule has 0 radical (unpaired) electrons. The van der Waals surface area contributed by atoms with Gasteiger partial charge in [0, 0.05) is 6.20 Å². The van der Waals surface area contributed by atoms with Gasteiger partial charge in [-0.3, -0.25) is 9.78 Å². The van der Waals surface area contributed by atoms with Gasteiger partial charge in [-0.1, -0.05) is 36.4 Å². The fraction of sp³-hybridized carbons (Fsp3) is 0.250. The van der Waals surface area contributed by atoms with E-state index in [9.17, 15) is 4.79 Å². The van der Waals surface area contributed by atoms with Crippen molar-refractivity contribution in [3.8, 4) is 0 Å². The Bertz CT molecular complexity index is 549. The number of carbonyl (C=O) groups is 1. The van der Waals surface area contributed by atoms with E-state index in [4.69, 9.17) is 0 Å². The fourth-order valence-electron chi connectivity index (χ4n) is 2.28. The van der Waals surface area contributed by atoms with Crippen LogP contribution < -0.4 is 5.32 Å². The van der Waals surface area contributed by atoms with Gasteiger partial charge in [0.25, 0.3) is 5.91 Å². The molecular formula is C16H16N2O. The fourth-order valence-corrected chi connectivity index (χ4v) is 2.28. The second kappa shape index (κ2) is 5.22. The first-order valence-electron chi connectivity index (χ1n) is 6.61. The van der Waals surface area contributed by atoms with Gasteiger partial charge < -0.3 is 5.32 Å². The first-order valence-corrected chi connectivity index (χ1v) is 6.61. The molecule has 3 rings (SSSR count). The molecule has 1 atom stereocenters. The van der Waals surface area contributed by atoms with Gasteiger partial charge in [-0.25, -0.2) is 0 Å². The third kappa shape index (κ3) is 2.81. The number of amides is 1. The van der Waals surface area contributed by atoms with E-state index in [-0.39, 0.29) is 11.9 Å². The SMILES string of the molecule is O=C(NC(c1ccccc1)C1CC1)c1ccccn1. The number of carbonyl (C=O) groups excluding carboxylic acids is 1. The van der Waals surface area contributed by atoms with Gasteiger partial charge in [0.15, 0.2) is 0 Å². The molecule has 96 valence electrons. The predicted octanol–water partition coefficient (Wildman–Crippen LogP) is 2.96. The summed E-state index contributed by atoms with van der Waals surface area (Å²) < 4.78 is 0. The van der Waals surface area contributed by atoms with Crippen molar-refractivity contribution in [3.63, 3.8) is 0 Å². The quantitative estimate of drug-likeness (QED) is 0.909. The molecule has 0 aliphatic heterocycles. The highest BCUT2D eigenvalue weighted by Gasteiger charge is 2.33. The van der Waals surface area contributed by atoms with E-state index in [1.54, 1.807) is 12.3 Å². The van der Waals surface area contributed by atoms with Gasteiger partial charge in [-0.2, -0.15) is 0 Å². The van der Waals surface area contributed by atoms with Crippen molar-refractivity contribution in [1.29, 1.82) is 0 Å². The van der Waals surface area contributed by atoms with Gasteiger partial charge in [0.05, 0.1) is 6.04 Å². The average molecular weight is 252 g/mol. The molecule has 3 heteroatoms. The van der Waals surface area contributed by atoms with Crippen molar-refractivity contribution < 1.29 is 4.79 Å². The first-order chi connectivity index (χ1) is 9.34. The van der Waals surface area contributed by atoms with Crippen LogP contribution in [0.25, 0.3) is 0 Å². The number of hydrogen-bond donors (Lipinski definition) is 1. The zero-order valence-electron chi connectivity index (χ0n) is 10.6. The van der Waals surface area contributed by atoms with E-state index < -0.39 is 0 Å². The first kappa shape index (κ1) is 11.9. The molecule has 1 saturated carbocycles. The highest BCUT2D eigenvalue weighted by Crippen LogP contribution is 2.40. The van der Waals surface area contributed by atoms with Gasteiger partial charge in [0.1, 0.15) is 5.69 Å². The maximum absolute atomic E-state index is 12.2. The number of rotatable bonds is 4. The molecule has 1 fully saturated rings.